The highest BCUT2D eigenvalue weighted by Gasteiger charge is 2.40. The third-order valence-electron chi connectivity index (χ3n) is 4.46. The molecule has 3 heteroatoms. The summed E-state index contributed by atoms with van der Waals surface area (Å²) in [6.07, 6.45) is 5.87. The van der Waals surface area contributed by atoms with Crippen molar-refractivity contribution < 1.29 is 5.11 Å². The molecule has 18 heavy (non-hydrogen) atoms. The van der Waals surface area contributed by atoms with Crippen molar-refractivity contribution >= 4 is 0 Å². The summed E-state index contributed by atoms with van der Waals surface area (Å²) in [6.45, 7) is 9.15. The van der Waals surface area contributed by atoms with Gasteiger partial charge in [-0.3, -0.25) is 0 Å². The maximum absolute atomic E-state index is 9.73. The van der Waals surface area contributed by atoms with Gasteiger partial charge in [0.2, 0.25) is 0 Å². The van der Waals surface area contributed by atoms with Crippen LogP contribution in [-0.4, -0.2) is 47.3 Å². The Bertz CT molecular complexity index is 245. The Morgan fingerprint density at radius 2 is 2.06 bits per heavy atom. The normalized spacial score (nSPS) is 30.3. The molecule has 0 aromatic carbocycles. The van der Waals surface area contributed by atoms with E-state index in [0.717, 1.165) is 12.8 Å². The fourth-order valence-corrected chi connectivity index (χ4v) is 3.36. The van der Waals surface area contributed by atoms with Crippen LogP contribution in [0.4, 0.5) is 0 Å². The van der Waals surface area contributed by atoms with Gasteiger partial charge in [-0.25, -0.2) is 0 Å². The molecule has 1 aliphatic carbocycles. The van der Waals surface area contributed by atoms with E-state index in [4.69, 9.17) is 0 Å². The summed E-state index contributed by atoms with van der Waals surface area (Å²) in [5.41, 5.74) is -0.0426. The number of rotatable bonds is 7. The lowest BCUT2D eigenvalue weighted by molar-refractivity contribution is 0.129. The summed E-state index contributed by atoms with van der Waals surface area (Å²) >= 11 is 0. The maximum Gasteiger partial charge on any atom is 0.0614 e. The third-order valence-corrected chi connectivity index (χ3v) is 4.46. The van der Waals surface area contributed by atoms with Crippen molar-refractivity contribution in [3.05, 3.63) is 0 Å². The van der Waals surface area contributed by atoms with Crippen LogP contribution in [0, 0.1) is 0 Å². The van der Waals surface area contributed by atoms with E-state index in [0.29, 0.717) is 18.1 Å². The molecule has 3 nitrogen and oxygen atoms in total. The van der Waals surface area contributed by atoms with E-state index in [2.05, 4.69) is 45.0 Å². The molecule has 3 unspecified atom stereocenters. The molecule has 3 atom stereocenters. The average Bonchev–Trinajstić information content (AvgIpc) is 2.72. The molecule has 1 saturated carbocycles. The van der Waals surface area contributed by atoms with Gasteiger partial charge in [-0.05, 0) is 39.7 Å². The molecule has 0 amide bonds. The Morgan fingerprint density at radius 3 is 2.56 bits per heavy atom. The molecule has 1 rings (SSSR count). The molecule has 0 spiro atoms. The van der Waals surface area contributed by atoms with Gasteiger partial charge in [-0.15, -0.1) is 0 Å². The number of hydrogen-bond acceptors (Lipinski definition) is 3. The van der Waals surface area contributed by atoms with Crippen LogP contribution in [0.15, 0.2) is 0 Å². The smallest absolute Gasteiger partial charge is 0.0614 e. The van der Waals surface area contributed by atoms with Gasteiger partial charge in [0.1, 0.15) is 0 Å². The lowest BCUT2D eigenvalue weighted by Gasteiger charge is -2.34. The molecule has 0 aliphatic heterocycles. The van der Waals surface area contributed by atoms with E-state index < -0.39 is 0 Å². The Balaban J connectivity index is 2.57. The summed E-state index contributed by atoms with van der Waals surface area (Å²) in [5.74, 6) is 0. The molecule has 108 valence electrons. The highest BCUT2D eigenvalue weighted by atomic mass is 16.3. The van der Waals surface area contributed by atoms with Crippen LogP contribution in [0.25, 0.3) is 0 Å². The molecule has 0 aromatic rings. The number of hydrogen-bond donors (Lipinski definition) is 2. The fraction of sp³-hybridized carbons (Fsp3) is 1.00. The summed E-state index contributed by atoms with van der Waals surface area (Å²) in [4.78, 5) is 2.52. The van der Waals surface area contributed by atoms with Gasteiger partial charge in [0.25, 0.3) is 0 Å². The van der Waals surface area contributed by atoms with Crippen molar-refractivity contribution in [3.8, 4) is 0 Å². The van der Waals surface area contributed by atoms with Crippen molar-refractivity contribution in [2.24, 2.45) is 0 Å². The van der Waals surface area contributed by atoms with E-state index >= 15 is 0 Å². The Labute approximate surface area is 113 Å². The van der Waals surface area contributed by atoms with E-state index in [9.17, 15) is 5.11 Å². The molecule has 0 bridgehead atoms. The molecule has 0 heterocycles. The van der Waals surface area contributed by atoms with Crippen LogP contribution in [0.3, 0.4) is 0 Å². The topological polar surface area (TPSA) is 35.5 Å². The molecule has 0 radical (unpaired) electrons. The van der Waals surface area contributed by atoms with Crippen LogP contribution >= 0.6 is 0 Å². The van der Waals surface area contributed by atoms with Crippen LogP contribution in [0.1, 0.15) is 59.8 Å². The second-order valence-electron chi connectivity index (χ2n) is 6.44. The maximum atomic E-state index is 9.73. The first kappa shape index (κ1) is 15.9. The minimum absolute atomic E-state index is 0.0426. The van der Waals surface area contributed by atoms with Crippen LogP contribution in [0.2, 0.25) is 0 Å². The standard InChI is InChI=1S/C15H32N2O/c1-6-7-13(4)17(5)14-8-9-15(10-14,11-18)16-12(2)3/h12-14,16,18H,6-11H2,1-5H3. The Morgan fingerprint density at radius 1 is 1.39 bits per heavy atom. The highest BCUT2D eigenvalue weighted by molar-refractivity contribution is 5.00. The summed E-state index contributed by atoms with van der Waals surface area (Å²) in [6, 6.07) is 1.70. The Kier molecular flexibility index (Phi) is 6.09. The minimum atomic E-state index is -0.0426. The van der Waals surface area contributed by atoms with Gasteiger partial charge in [-0.1, -0.05) is 27.2 Å². The van der Waals surface area contributed by atoms with Crippen molar-refractivity contribution in [2.75, 3.05) is 13.7 Å². The number of nitrogens with one attached hydrogen (secondary N) is 1. The van der Waals surface area contributed by atoms with Gasteiger partial charge < -0.3 is 15.3 Å². The summed E-state index contributed by atoms with van der Waals surface area (Å²) < 4.78 is 0. The monoisotopic (exact) mass is 256 g/mol. The number of aliphatic hydroxyl groups excluding tert-OH is 1. The molecule has 1 aliphatic rings. The van der Waals surface area contributed by atoms with Crippen molar-refractivity contribution in [1.29, 1.82) is 0 Å². The second-order valence-corrected chi connectivity index (χ2v) is 6.44. The van der Waals surface area contributed by atoms with Gasteiger partial charge in [-0.2, -0.15) is 0 Å². The van der Waals surface area contributed by atoms with Crippen LogP contribution in [-0.2, 0) is 0 Å². The molecule has 0 aromatic heterocycles. The summed E-state index contributed by atoms with van der Waals surface area (Å²) in [5, 5.41) is 13.3. The van der Waals surface area contributed by atoms with Crippen molar-refractivity contribution in [2.45, 2.75) is 83.5 Å². The first-order valence-electron chi connectivity index (χ1n) is 7.54. The molecular formula is C15H32N2O. The predicted molar refractivity (Wildman–Crippen MR) is 77.9 cm³/mol. The minimum Gasteiger partial charge on any atom is -0.394 e. The largest absolute Gasteiger partial charge is 0.394 e. The Hall–Kier alpha value is -0.120. The lowest BCUT2D eigenvalue weighted by atomic mass is 9.97. The van der Waals surface area contributed by atoms with Gasteiger partial charge >= 0.3 is 0 Å². The van der Waals surface area contributed by atoms with Gasteiger partial charge in [0.15, 0.2) is 0 Å². The summed E-state index contributed by atoms with van der Waals surface area (Å²) in [7, 11) is 2.24. The second kappa shape index (κ2) is 6.88. The zero-order valence-electron chi connectivity index (χ0n) is 12.9. The fourth-order valence-electron chi connectivity index (χ4n) is 3.36. The zero-order valence-corrected chi connectivity index (χ0v) is 12.9. The van der Waals surface area contributed by atoms with Gasteiger partial charge in [0, 0.05) is 23.7 Å². The van der Waals surface area contributed by atoms with E-state index in [1.807, 2.05) is 0 Å². The van der Waals surface area contributed by atoms with E-state index in [-0.39, 0.29) is 12.1 Å². The molecule has 2 N–H and O–H groups in total. The molecular weight excluding hydrogens is 224 g/mol. The first-order chi connectivity index (χ1) is 8.44. The van der Waals surface area contributed by atoms with E-state index in [1.165, 1.54) is 19.3 Å². The van der Waals surface area contributed by atoms with Gasteiger partial charge in [0.05, 0.1) is 6.61 Å². The quantitative estimate of drug-likeness (QED) is 0.734. The first-order valence-corrected chi connectivity index (χ1v) is 7.54. The SMILES string of the molecule is CCCC(C)N(C)C1CCC(CO)(NC(C)C)C1. The van der Waals surface area contributed by atoms with Crippen LogP contribution in [0.5, 0.6) is 0 Å². The number of nitrogens with zero attached hydrogens (tertiary/aromatic N) is 1. The van der Waals surface area contributed by atoms with Crippen molar-refractivity contribution in [3.63, 3.8) is 0 Å². The third kappa shape index (κ3) is 3.94. The number of aliphatic hydroxyl groups is 1. The predicted octanol–water partition coefficient (Wildman–Crippen LogP) is 2.39. The lowest BCUT2D eigenvalue weighted by Crippen LogP contribution is -2.51. The molecule has 1 fully saturated rings. The zero-order chi connectivity index (χ0) is 13.8. The highest BCUT2D eigenvalue weighted by Crippen LogP contribution is 2.34. The molecule has 0 saturated heterocycles. The van der Waals surface area contributed by atoms with Crippen LogP contribution < -0.4 is 5.32 Å². The van der Waals surface area contributed by atoms with Crippen molar-refractivity contribution in [1.82, 2.24) is 10.2 Å². The van der Waals surface area contributed by atoms with E-state index in [1.54, 1.807) is 0 Å². The average molecular weight is 256 g/mol.